The van der Waals surface area contributed by atoms with Gasteiger partial charge in [-0.1, -0.05) is 30.2 Å². The van der Waals surface area contributed by atoms with Crippen LogP contribution in [0.15, 0.2) is 18.2 Å². The SMILES string of the molecule is Cc1cc(CC(CC(=O)O)N2CCCCC2)ccc1Cl. The van der Waals surface area contributed by atoms with E-state index in [4.69, 9.17) is 16.7 Å². The van der Waals surface area contributed by atoms with Gasteiger partial charge in [0.15, 0.2) is 0 Å². The lowest BCUT2D eigenvalue weighted by Crippen LogP contribution is -2.41. The molecule has 1 aliphatic rings. The molecule has 0 bridgehead atoms. The molecule has 2 rings (SSSR count). The van der Waals surface area contributed by atoms with Crippen LogP contribution in [0.4, 0.5) is 0 Å². The molecule has 3 nitrogen and oxygen atoms in total. The number of carboxylic acids is 1. The first kappa shape index (κ1) is 15.3. The summed E-state index contributed by atoms with van der Waals surface area (Å²) in [4.78, 5) is 13.5. The van der Waals surface area contributed by atoms with E-state index in [-0.39, 0.29) is 12.5 Å². The van der Waals surface area contributed by atoms with E-state index in [0.717, 1.165) is 30.1 Å². The topological polar surface area (TPSA) is 40.5 Å². The second-order valence-electron chi connectivity index (χ2n) is 5.64. The van der Waals surface area contributed by atoms with E-state index in [9.17, 15) is 4.79 Å². The molecule has 20 heavy (non-hydrogen) atoms. The summed E-state index contributed by atoms with van der Waals surface area (Å²) in [5.74, 6) is -0.716. The lowest BCUT2D eigenvalue weighted by molar-refractivity contribution is -0.138. The number of carboxylic acid groups (broad SMARTS) is 1. The number of hydrogen-bond acceptors (Lipinski definition) is 2. The molecule has 1 atom stereocenters. The molecule has 1 fully saturated rings. The van der Waals surface area contributed by atoms with Gasteiger partial charge in [0.1, 0.15) is 0 Å². The van der Waals surface area contributed by atoms with Gasteiger partial charge in [-0.25, -0.2) is 0 Å². The van der Waals surface area contributed by atoms with E-state index in [1.54, 1.807) is 0 Å². The molecule has 1 aromatic carbocycles. The van der Waals surface area contributed by atoms with Crippen molar-refractivity contribution in [2.45, 2.75) is 45.1 Å². The van der Waals surface area contributed by atoms with Crippen LogP contribution in [-0.4, -0.2) is 35.1 Å². The zero-order chi connectivity index (χ0) is 14.5. The zero-order valence-electron chi connectivity index (χ0n) is 11.9. The molecule has 0 aliphatic carbocycles. The van der Waals surface area contributed by atoms with Gasteiger partial charge in [0, 0.05) is 11.1 Å². The summed E-state index contributed by atoms with van der Waals surface area (Å²) in [6, 6.07) is 6.07. The summed E-state index contributed by atoms with van der Waals surface area (Å²) in [6.07, 6.45) is 4.61. The van der Waals surface area contributed by atoms with Gasteiger partial charge >= 0.3 is 5.97 Å². The average Bonchev–Trinajstić information content (AvgIpc) is 2.43. The van der Waals surface area contributed by atoms with Crippen LogP contribution in [0.2, 0.25) is 5.02 Å². The molecule has 1 heterocycles. The highest BCUT2D eigenvalue weighted by Crippen LogP contribution is 2.21. The standard InChI is InChI=1S/C16H22ClNO2/c1-12-9-13(5-6-15(12)17)10-14(11-16(19)20)18-7-3-2-4-8-18/h5-6,9,14H,2-4,7-8,10-11H2,1H3,(H,19,20). The van der Waals surface area contributed by atoms with Gasteiger partial charge in [0.05, 0.1) is 6.42 Å². The third-order valence-electron chi connectivity index (χ3n) is 4.01. The first-order chi connectivity index (χ1) is 9.56. The number of rotatable bonds is 5. The summed E-state index contributed by atoms with van der Waals surface area (Å²) in [5.41, 5.74) is 2.22. The first-order valence-electron chi connectivity index (χ1n) is 7.27. The zero-order valence-corrected chi connectivity index (χ0v) is 12.7. The summed E-state index contributed by atoms with van der Waals surface area (Å²) in [5, 5.41) is 9.91. The summed E-state index contributed by atoms with van der Waals surface area (Å²) in [7, 11) is 0. The van der Waals surface area contributed by atoms with Gasteiger partial charge < -0.3 is 5.11 Å². The number of benzene rings is 1. The highest BCUT2D eigenvalue weighted by atomic mass is 35.5. The molecule has 0 amide bonds. The molecule has 4 heteroatoms. The van der Waals surface area contributed by atoms with Gasteiger partial charge in [-0.15, -0.1) is 0 Å². The van der Waals surface area contributed by atoms with Crippen molar-refractivity contribution < 1.29 is 9.90 Å². The van der Waals surface area contributed by atoms with Crippen molar-refractivity contribution in [2.75, 3.05) is 13.1 Å². The predicted molar refractivity (Wildman–Crippen MR) is 81.4 cm³/mol. The van der Waals surface area contributed by atoms with Crippen LogP contribution < -0.4 is 0 Å². The summed E-state index contributed by atoms with van der Waals surface area (Å²) >= 11 is 6.05. The minimum atomic E-state index is -0.716. The van der Waals surface area contributed by atoms with Crippen LogP contribution in [0.1, 0.15) is 36.8 Å². The van der Waals surface area contributed by atoms with E-state index in [2.05, 4.69) is 11.0 Å². The van der Waals surface area contributed by atoms with Gasteiger partial charge in [0.2, 0.25) is 0 Å². The minimum Gasteiger partial charge on any atom is -0.481 e. The van der Waals surface area contributed by atoms with E-state index in [1.807, 2.05) is 19.1 Å². The number of piperidine rings is 1. The average molecular weight is 296 g/mol. The smallest absolute Gasteiger partial charge is 0.304 e. The highest BCUT2D eigenvalue weighted by molar-refractivity contribution is 6.31. The van der Waals surface area contributed by atoms with Crippen molar-refractivity contribution in [3.63, 3.8) is 0 Å². The molecule has 1 N–H and O–H groups in total. The van der Waals surface area contributed by atoms with Crippen molar-refractivity contribution >= 4 is 17.6 Å². The molecular formula is C16H22ClNO2. The van der Waals surface area contributed by atoms with Crippen LogP contribution in [0, 0.1) is 6.92 Å². The van der Waals surface area contributed by atoms with Crippen molar-refractivity contribution in [3.8, 4) is 0 Å². The van der Waals surface area contributed by atoms with Crippen molar-refractivity contribution in [1.29, 1.82) is 0 Å². The highest BCUT2D eigenvalue weighted by Gasteiger charge is 2.23. The first-order valence-corrected chi connectivity index (χ1v) is 7.65. The molecule has 110 valence electrons. The Morgan fingerprint density at radius 1 is 1.35 bits per heavy atom. The monoisotopic (exact) mass is 295 g/mol. The number of likely N-dealkylation sites (tertiary alicyclic amines) is 1. The molecule has 0 radical (unpaired) electrons. The Labute approximate surface area is 125 Å². The fourth-order valence-corrected chi connectivity index (χ4v) is 3.04. The van der Waals surface area contributed by atoms with Crippen molar-refractivity contribution in [3.05, 3.63) is 34.3 Å². The van der Waals surface area contributed by atoms with Crippen LogP contribution >= 0.6 is 11.6 Å². The van der Waals surface area contributed by atoms with Crippen molar-refractivity contribution in [2.24, 2.45) is 0 Å². The molecule has 1 aromatic rings. The van der Waals surface area contributed by atoms with Gasteiger partial charge in [-0.3, -0.25) is 9.69 Å². The van der Waals surface area contributed by atoms with Crippen LogP contribution in [-0.2, 0) is 11.2 Å². The Balaban J connectivity index is 2.09. The van der Waals surface area contributed by atoms with Crippen LogP contribution in [0.25, 0.3) is 0 Å². The minimum absolute atomic E-state index is 0.0911. The van der Waals surface area contributed by atoms with Crippen molar-refractivity contribution in [1.82, 2.24) is 4.90 Å². The Bertz CT molecular complexity index is 470. The van der Waals surface area contributed by atoms with E-state index in [0.29, 0.717) is 0 Å². The molecule has 0 saturated carbocycles. The van der Waals surface area contributed by atoms with E-state index >= 15 is 0 Å². The summed E-state index contributed by atoms with van der Waals surface area (Å²) < 4.78 is 0. The third kappa shape index (κ3) is 4.22. The normalized spacial score (nSPS) is 17.9. The molecule has 1 unspecified atom stereocenters. The predicted octanol–water partition coefficient (Wildman–Crippen LogP) is 3.52. The Morgan fingerprint density at radius 3 is 2.65 bits per heavy atom. The second-order valence-corrected chi connectivity index (χ2v) is 6.04. The van der Waals surface area contributed by atoms with E-state index in [1.165, 1.54) is 24.8 Å². The molecule has 0 spiro atoms. The maximum absolute atomic E-state index is 11.1. The van der Waals surface area contributed by atoms with Gasteiger partial charge in [-0.2, -0.15) is 0 Å². The Kier molecular flexibility index (Phi) is 5.44. The molecule has 1 saturated heterocycles. The van der Waals surface area contributed by atoms with Crippen LogP contribution in [0.3, 0.4) is 0 Å². The number of hydrogen-bond donors (Lipinski definition) is 1. The third-order valence-corrected chi connectivity index (χ3v) is 4.44. The second kappa shape index (κ2) is 7.09. The number of halogens is 1. The maximum Gasteiger partial charge on any atom is 0.304 e. The van der Waals surface area contributed by atoms with Gasteiger partial charge in [-0.05, 0) is 56.5 Å². The lowest BCUT2D eigenvalue weighted by atomic mass is 9.98. The lowest BCUT2D eigenvalue weighted by Gasteiger charge is -2.34. The van der Waals surface area contributed by atoms with E-state index < -0.39 is 5.97 Å². The Hall–Kier alpha value is -1.06. The number of nitrogens with zero attached hydrogens (tertiary/aromatic N) is 1. The molecule has 0 aromatic heterocycles. The number of carbonyl (C=O) groups is 1. The fraction of sp³-hybridized carbons (Fsp3) is 0.562. The number of aliphatic carboxylic acids is 1. The van der Waals surface area contributed by atoms with Crippen LogP contribution in [0.5, 0.6) is 0 Å². The number of aryl methyl sites for hydroxylation is 1. The Morgan fingerprint density at radius 2 is 2.05 bits per heavy atom. The van der Waals surface area contributed by atoms with Gasteiger partial charge in [0.25, 0.3) is 0 Å². The largest absolute Gasteiger partial charge is 0.481 e. The summed E-state index contributed by atoms with van der Waals surface area (Å²) in [6.45, 7) is 4.02. The molecular weight excluding hydrogens is 274 g/mol. The quantitative estimate of drug-likeness (QED) is 0.903. The maximum atomic E-state index is 11.1. The molecule has 1 aliphatic heterocycles. The fourth-order valence-electron chi connectivity index (χ4n) is 2.92.